The number of hydrogen-bond acceptors (Lipinski definition) is 2. The van der Waals surface area contributed by atoms with Gasteiger partial charge in [0.05, 0.1) is 17.1 Å². The molecular formula is C16H14BrFO2. The second-order valence-corrected chi connectivity index (χ2v) is 5.47. The fraction of sp³-hybridized carbons (Fsp3) is 0.188. The van der Waals surface area contributed by atoms with Crippen molar-refractivity contribution >= 4 is 21.7 Å². The van der Waals surface area contributed by atoms with Gasteiger partial charge in [0, 0.05) is 5.56 Å². The molecule has 0 fully saturated rings. The van der Waals surface area contributed by atoms with Crippen molar-refractivity contribution in [2.45, 2.75) is 13.8 Å². The van der Waals surface area contributed by atoms with Gasteiger partial charge in [-0.1, -0.05) is 6.07 Å². The molecule has 0 aliphatic carbocycles. The van der Waals surface area contributed by atoms with E-state index in [4.69, 9.17) is 4.74 Å². The predicted octanol–water partition coefficient (Wildman–Crippen LogP) is 4.44. The van der Waals surface area contributed by atoms with Crippen LogP contribution in [0.4, 0.5) is 4.39 Å². The number of benzene rings is 2. The fourth-order valence-corrected chi connectivity index (χ4v) is 2.70. The Morgan fingerprint density at radius 3 is 2.45 bits per heavy atom. The molecular weight excluding hydrogens is 323 g/mol. The zero-order valence-corrected chi connectivity index (χ0v) is 13.0. The Morgan fingerprint density at radius 1 is 1.20 bits per heavy atom. The van der Waals surface area contributed by atoms with E-state index in [9.17, 15) is 9.18 Å². The van der Waals surface area contributed by atoms with Gasteiger partial charge in [-0.15, -0.1) is 0 Å². The number of aryl methyl sites for hydroxylation is 2. The number of carbonyl (C=O) groups excluding carboxylic acids is 1. The van der Waals surface area contributed by atoms with Crippen LogP contribution in [0.1, 0.15) is 27.0 Å². The van der Waals surface area contributed by atoms with Crippen molar-refractivity contribution in [3.8, 4) is 5.75 Å². The highest BCUT2D eigenvalue weighted by Crippen LogP contribution is 2.27. The molecule has 0 aliphatic heterocycles. The van der Waals surface area contributed by atoms with Gasteiger partial charge >= 0.3 is 0 Å². The lowest BCUT2D eigenvalue weighted by molar-refractivity contribution is 0.103. The Morgan fingerprint density at radius 2 is 1.90 bits per heavy atom. The van der Waals surface area contributed by atoms with Gasteiger partial charge in [0.1, 0.15) is 11.6 Å². The molecule has 2 aromatic rings. The van der Waals surface area contributed by atoms with Gasteiger partial charge in [-0.05, 0) is 65.2 Å². The topological polar surface area (TPSA) is 26.3 Å². The van der Waals surface area contributed by atoms with E-state index in [1.54, 1.807) is 45.2 Å². The Labute approximate surface area is 125 Å². The lowest BCUT2D eigenvalue weighted by atomic mass is 9.97. The lowest BCUT2D eigenvalue weighted by Gasteiger charge is -2.09. The largest absolute Gasteiger partial charge is 0.496 e. The van der Waals surface area contributed by atoms with Crippen molar-refractivity contribution < 1.29 is 13.9 Å². The quantitative estimate of drug-likeness (QED) is 0.774. The first-order chi connectivity index (χ1) is 9.43. The van der Waals surface area contributed by atoms with Crippen molar-refractivity contribution in [3.63, 3.8) is 0 Å². The molecule has 0 atom stereocenters. The molecule has 0 aromatic heterocycles. The molecule has 2 aromatic carbocycles. The maximum atomic E-state index is 14.0. The molecule has 2 nitrogen and oxygen atoms in total. The van der Waals surface area contributed by atoms with Crippen LogP contribution in [-0.2, 0) is 0 Å². The fourth-order valence-electron chi connectivity index (χ4n) is 2.16. The minimum absolute atomic E-state index is 0.118. The molecule has 2 rings (SSSR count). The van der Waals surface area contributed by atoms with Crippen LogP contribution >= 0.6 is 15.9 Å². The lowest BCUT2D eigenvalue weighted by Crippen LogP contribution is -2.07. The van der Waals surface area contributed by atoms with Crippen LogP contribution in [0.25, 0.3) is 0 Å². The van der Waals surface area contributed by atoms with Crippen LogP contribution in [0.5, 0.6) is 5.75 Å². The standard InChI is InChI=1S/C16H14BrFO2/c1-9-6-10(2)15(13(18)7-9)16(19)11-4-5-14(20-3)12(17)8-11/h4-8H,1-3H3. The molecule has 0 saturated heterocycles. The number of ether oxygens (including phenoxy) is 1. The van der Waals surface area contributed by atoms with Crippen molar-refractivity contribution in [2.24, 2.45) is 0 Å². The monoisotopic (exact) mass is 336 g/mol. The van der Waals surface area contributed by atoms with Gasteiger partial charge in [-0.25, -0.2) is 4.39 Å². The minimum Gasteiger partial charge on any atom is -0.496 e. The Kier molecular flexibility index (Phi) is 4.23. The average Bonchev–Trinajstić information content (AvgIpc) is 2.37. The number of rotatable bonds is 3. The van der Waals surface area contributed by atoms with Crippen molar-refractivity contribution in [1.29, 1.82) is 0 Å². The molecule has 0 amide bonds. The summed E-state index contributed by atoms with van der Waals surface area (Å²) >= 11 is 3.33. The van der Waals surface area contributed by atoms with Gasteiger partial charge in [-0.3, -0.25) is 4.79 Å². The van der Waals surface area contributed by atoms with E-state index < -0.39 is 5.82 Å². The van der Waals surface area contributed by atoms with Crippen LogP contribution < -0.4 is 4.74 Å². The van der Waals surface area contributed by atoms with Crippen LogP contribution in [0.15, 0.2) is 34.8 Å². The summed E-state index contributed by atoms with van der Waals surface area (Å²) in [5.74, 6) is -0.189. The van der Waals surface area contributed by atoms with E-state index in [0.29, 0.717) is 21.3 Å². The molecule has 20 heavy (non-hydrogen) atoms. The summed E-state index contributed by atoms with van der Waals surface area (Å²) < 4.78 is 19.8. The zero-order chi connectivity index (χ0) is 14.9. The summed E-state index contributed by atoms with van der Waals surface area (Å²) in [6.07, 6.45) is 0. The molecule has 0 spiro atoms. The average molecular weight is 337 g/mol. The van der Waals surface area contributed by atoms with Crippen molar-refractivity contribution in [3.05, 3.63) is 62.9 Å². The molecule has 0 N–H and O–H groups in total. The first kappa shape index (κ1) is 14.7. The normalized spacial score (nSPS) is 10.4. The Balaban J connectivity index is 2.49. The van der Waals surface area contributed by atoms with Crippen LogP contribution in [0.2, 0.25) is 0 Å². The van der Waals surface area contributed by atoms with E-state index in [0.717, 1.165) is 5.56 Å². The number of methoxy groups -OCH3 is 1. The SMILES string of the molecule is COc1ccc(C(=O)c2c(C)cc(C)cc2F)cc1Br. The van der Waals surface area contributed by atoms with Gasteiger partial charge in [0.15, 0.2) is 5.78 Å². The van der Waals surface area contributed by atoms with E-state index in [2.05, 4.69) is 15.9 Å². The van der Waals surface area contributed by atoms with E-state index in [1.807, 2.05) is 0 Å². The minimum atomic E-state index is -0.487. The Bertz CT molecular complexity index is 657. The molecule has 0 radical (unpaired) electrons. The Hall–Kier alpha value is -1.68. The predicted molar refractivity (Wildman–Crippen MR) is 80.0 cm³/mol. The van der Waals surface area contributed by atoms with E-state index in [-0.39, 0.29) is 11.3 Å². The summed E-state index contributed by atoms with van der Waals surface area (Å²) in [5, 5.41) is 0. The van der Waals surface area contributed by atoms with E-state index >= 15 is 0 Å². The molecule has 4 heteroatoms. The number of ketones is 1. The smallest absolute Gasteiger partial charge is 0.196 e. The molecule has 0 unspecified atom stereocenters. The third-order valence-electron chi connectivity index (χ3n) is 3.07. The molecule has 0 aliphatic rings. The van der Waals surface area contributed by atoms with Crippen molar-refractivity contribution in [2.75, 3.05) is 7.11 Å². The summed E-state index contributed by atoms with van der Waals surface area (Å²) in [6.45, 7) is 3.54. The van der Waals surface area contributed by atoms with Crippen molar-refractivity contribution in [1.82, 2.24) is 0 Å². The summed E-state index contributed by atoms with van der Waals surface area (Å²) in [5.41, 5.74) is 1.98. The van der Waals surface area contributed by atoms with Crippen LogP contribution in [-0.4, -0.2) is 12.9 Å². The maximum Gasteiger partial charge on any atom is 0.196 e. The highest BCUT2D eigenvalue weighted by molar-refractivity contribution is 9.10. The van der Waals surface area contributed by atoms with Gasteiger partial charge in [0.25, 0.3) is 0 Å². The second kappa shape index (κ2) is 5.75. The van der Waals surface area contributed by atoms with Crippen LogP contribution in [0.3, 0.4) is 0 Å². The zero-order valence-electron chi connectivity index (χ0n) is 11.5. The highest BCUT2D eigenvalue weighted by Gasteiger charge is 2.18. The molecule has 0 heterocycles. The third kappa shape index (κ3) is 2.75. The number of halogens is 2. The second-order valence-electron chi connectivity index (χ2n) is 4.62. The summed E-state index contributed by atoms with van der Waals surface area (Å²) in [4.78, 5) is 12.4. The third-order valence-corrected chi connectivity index (χ3v) is 3.69. The molecule has 104 valence electrons. The number of carbonyl (C=O) groups is 1. The maximum absolute atomic E-state index is 14.0. The first-order valence-corrected chi connectivity index (χ1v) is 6.88. The van der Waals surface area contributed by atoms with Gasteiger partial charge < -0.3 is 4.74 Å². The molecule has 0 bridgehead atoms. The number of hydrogen-bond donors (Lipinski definition) is 0. The highest BCUT2D eigenvalue weighted by atomic mass is 79.9. The van der Waals surface area contributed by atoms with Gasteiger partial charge in [-0.2, -0.15) is 0 Å². The summed E-state index contributed by atoms with van der Waals surface area (Å²) in [6, 6.07) is 8.12. The molecule has 0 saturated carbocycles. The summed E-state index contributed by atoms with van der Waals surface area (Å²) in [7, 11) is 1.55. The van der Waals surface area contributed by atoms with E-state index in [1.165, 1.54) is 6.07 Å². The van der Waals surface area contributed by atoms with Crippen LogP contribution in [0, 0.1) is 19.7 Å². The first-order valence-electron chi connectivity index (χ1n) is 6.09. The van der Waals surface area contributed by atoms with Gasteiger partial charge in [0.2, 0.25) is 0 Å².